The van der Waals surface area contributed by atoms with Crippen LogP contribution in [0.25, 0.3) is 0 Å². The number of carbonyl (C=O) groups excluding carboxylic acids is 1. The van der Waals surface area contributed by atoms with Crippen LogP contribution in [0.5, 0.6) is 0 Å². The highest BCUT2D eigenvalue weighted by Gasteiger charge is 2.26. The third-order valence-corrected chi connectivity index (χ3v) is 2.94. The third-order valence-electron chi connectivity index (χ3n) is 2.94. The summed E-state index contributed by atoms with van der Waals surface area (Å²) in [6.07, 6.45) is 2.00. The molecule has 1 rings (SSSR count). The molecule has 1 aliphatic heterocycles. The van der Waals surface area contributed by atoms with Gasteiger partial charge in [0.15, 0.2) is 0 Å². The van der Waals surface area contributed by atoms with E-state index < -0.39 is 0 Å². The summed E-state index contributed by atoms with van der Waals surface area (Å²) >= 11 is 0. The van der Waals surface area contributed by atoms with Crippen LogP contribution >= 0.6 is 0 Å². The van der Waals surface area contributed by atoms with Gasteiger partial charge in [-0.1, -0.05) is 0 Å². The van der Waals surface area contributed by atoms with Crippen molar-refractivity contribution >= 4 is 5.91 Å². The van der Waals surface area contributed by atoms with Crippen molar-refractivity contribution in [2.24, 2.45) is 5.92 Å². The normalized spacial score (nSPS) is 18.6. The van der Waals surface area contributed by atoms with Crippen LogP contribution in [0.1, 0.15) is 33.6 Å². The second-order valence-electron chi connectivity index (χ2n) is 4.24. The quantitative estimate of drug-likeness (QED) is 0.740. The summed E-state index contributed by atoms with van der Waals surface area (Å²) in [5.41, 5.74) is 0. The Labute approximate surface area is 86.9 Å². The van der Waals surface area contributed by atoms with Gasteiger partial charge in [0, 0.05) is 18.5 Å². The number of hydrogen-bond acceptors (Lipinski definition) is 2. The minimum Gasteiger partial charge on any atom is -0.340 e. The lowest BCUT2D eigenvalue weighted by Gasteiger charge is -2.31. The van der Waals surface area contributed by atoms with Crippen molar-refractivity contribution in [1.29, 1.82) is 0 Å². The van der Waals surface area contributed by atoms with E-state index in [1.807, 2.05) is 4.90 Å². The number of amides is 1. The van der Waals surface area contributed by atoms with Crippen molar-refractivity contribution in [3.05, 3.63) is 0 Å². The molecule has 1 aliphatic rings. The topological polar surface area (TPSA) is 32.3 Å². The molecule has 1 N–H and O–H groups in total. The molecule has 0 bridgehead atoms. The first-order chi connectivity index (χ1) is 6.66. The summed E-state index contributed by atoms with van der Waals surface area (Å²) in [6, 6.07) is 0.336. The van der Waals surface area contributed by atoms with Gasteiger partial charge in [-0.15, -0.1) is 0 Å². The molecule has 1 heterocycles. The lowest BCUT2D eigenvalue weighted by Crippen LogP contribution is -2.44. The van der Waals surface area contributed by atoms with Crippen LogP contribution in [0.4, 0.5) is 0 Å². The van der Waals surface area contributed by atoms with Crippen LogP contribution in [-0.2, 0) is 4.79 Å². The third kappa shape index (κ3) is 2.71. The molecule has 1 fully saturated rings. The first-order valence-corrected chi connectivity index (χ1v) is 5.68. The Hall–Kier alpha value is -0.570. The predicted molar refractivity (Wildman–Crippen MR) is 58.1 cm³/mol. The van der Waals surface area contributed by atoms with Gasteiger partial charge in [0.1, 0.15) is 0 Å². The minimum atomic E-state index is 0.263. The zero-order valence-electron chi connectivity index (χ0n) is 9.55. The van der Waals surface area contributed by atoms with Crippen LogP contribution in [0, 0.1) is 5.92 Å². The van der Waals surface area contributed by atoms with E-state index in [4.69, 9.17) is 0 Å². The predicted octanol–water partition coefficient (Wildman–Crippen LogP) is 1.24. The van der Waals surface area contributed by atoms with E-state index in [1.54, 1.807) is 0 Å². The molecule has 0 aromatic heterocycles. The molecular weight excluding hydrogens is 176 g/mol. The smallest absolute Gasteiger partial charge is 0.225 e. The molecule has 82 valence electrons. The zero-order valence-corrected chi connectivity index (χ0v) is 9.55. The molecule has 0 saturated carbocycles. The van der Waals surface area contributed by atoms with Crippen molar-refractivity contribution in [3.63, 3.8) is 0 Å². The number of nitrogens with one attached hydrogen (secondary N) is 1. The highest BCUT2D eigenvalue weighted by Crippen LogP contribution is 2.16. The molecular formula is C11H22N2O. The summed E-state index contributed by atoms with van der Waals surface area (Å²) in [5.74, 6) is 0.614. The maximum atomic E-state index is 12.1. The highest BCUT2D eigenvalue weighted by atomic mass is 16.2. The lowest BCUT2D eigenvalue weighted by atomic mass is 9.96. The van der Waals surface area contributed by atoms with Crippen molar-refractivity contribution in [2.75, 3.05) is 19.6 Å². The van der Waals surface area contributed by atoms with E-state index in [9.17, 15) is 4.79 Å². The average molecular weight is 198 g/mol. The Morgan fingerprint density at radius 3 is 2.43 bits per heavy atom. The van der Waals surface area contributed by atoms with Gasteiger partial charge in [0.25, 0.3) is 0 Å². The van der Waals surface area contributed by atoms with Gasteiger partial charge in [-0.2, -0.15) is 0 Å². The summed E-state index contributed by atoms with van der Waals surface area (Å²) < 4.78 is 0. The Bertz CT molecular complexity index is 186. The Kier molecular flexibility index (Phi) is 4.39. The minimum absolute atomic E-state index is 0.263. The maximum absolute atomic E-state index is 12.1. The number of carbonyl (C=O) groups is 1. The van der Waals surface area contributed by atoms with Gasteiger partial charge in [-0.3, -0.25) is 4.79 Å². The van der Waals surface area contributed by atoms with Gasteiger partial charge in [-0.25, -0.2) is 0 Å². The second-order valence-corrected chi connectivity index (χ2v) is 4.24. The summed E-state index contributed by atoms with van der Waals surface area (Å²) in [7, 11) is 0. The average Bonchev–Trinajstić information content (AvgIpc) is 2.19. The van der Waals surface area contributed by atoms with Gasteiger partial charge >= 0.3 is 0 Å². The monoisotopic (exact) mass is 198 g/mol. The summed E-state index contributed by atoms with van der Waals surface area (Å²) in [6.45, 7) is 9.04. The molecule has 0 aromatic rings. The highest BCUT2D eigenvalue weighted by molar-refractivity contribution is 5.79. The Morgan fingerprint density at radius 2 is 2.00 bits per heavy atom. The summed E-state index contributed by atoms with van der Waals surface area (Å²) in [5, 5.41) is 3.29. The maximum Gasteiger partial charge on any atom is 0.225 e. The van der Waals surface area contributed by atoms with Crippen molar-refractivity contribution in [2.45, 2.75) is 39.7 Å². The van der Waals surface area contributed by atoms with Crippen LogP contribution in [0.15, 0.2) is 0 Å². The molecule has 14 heavy (non-hydrogen) atoms. The van der Waals surface area contributed by atoms with E-state index >= 15 is 0 Å². The SMILES string of the molecule is CCN(C(=O)C1CCNCC1)C(C)C. The van der Waals surface area contributed by atoms with Gasteiger partial charge < -0.3 is 10.2 Å². The lowest BCUT2D eigenvalue weighted by molar-refractivity contribution is -0.137. The fourth-order valence-electron chi connectivity index (χ4n) is 2.08. The molecule has 3 nitrogen and oxygen atoms in total. The van der Waals surface area contributed by atoms with E-state index in [-0.39, 0.29) is 5.92 Å². The first kappa shape index (κ1) is 11.5. The summed E-state index contributed by atoms with van der Waals surface area (Å²) in [4.78, 5) is 14.1. The standard InChI is InChI=1S/C11H22N2O/c1-4-13(9(2)3)11(14)10-5-7-12-8-6-10/h9-10,12H,4-8H2,1-3H3. The van der Waals surface area contributed by atoms with Crippen LogP contribution in [0.3, 0.4) is 0 Å². The van der Waals surface area contributed by atoms with Gasteiger partial charge in [0.05, 0.1) is 0 Å². The van der Waals surface area contributed by atoms with Crippen LogP contribution in [0.2, 0.25) is 0 Å². The molecule has 1 saturated heterocycles. The second kappa shape index (κ2) is 5.35. The van der Waals surface area contributed by atoms with Crippen molar-refractivity contribution in [1.82, 2.24) is 10.2 Å². The molecule has 0 spiro atoms. The molecule has 0 aromatic carbocycles. The zero-order chi connectivity index (χ0) is 10.6. The van der Waals surface area contributed by atoms with Crippen molar-refractivity contribution < 1.29 is 4.79 Å². The Morgan fingerprint density at radius 1 is 1.43 bits per heavy atom. The molecule has 0 radical (unpaired) electrons. The van der Waals surface area contributed by atoms with Gasteiger partial charge in [0.2, 0.25) is 5.91 Å². The fourth-order valence-corrected chi connectivity index (χ4v) is 2.08. The van der Waals surface area contributed by atoms with E-state index in [0.717, 1.165) is 32.5 Å². The van der Waals surface area contributed by atoms with E-state index in [1.165, 1.54) is 0 Å². The number of hydrogen-bond donors (Lipinski definition) is 1. The number of piperidine rings is 1. The fraction of sp³-hybridized carbons (Fsp3) is 0.909. The molecule has 0 atom stereocenters. The van der Waals surface area contributed by atoms with E-state index in [0.29, 0.717) is 11.9 Å². The molecule has 0 unspecified atom stereocenters. The first-order valence-electron chi connectivity index (χ1n) is 5.68. The molecule has 3 heteroatoms. The largest absolute Gasteiger partial charge is 0.340 e. The molecule has 0 aliphatic carbocycles. The number of rotatable bonds is 3. The Balaban J connectivity index is 2.52. The van der Waals surface area contributed by atoms with Gasteiger partial charge in [-0.05, 0) is 46.7 Å². The van der Waals surface area contributed by atoms with E-state index in [2.05, 4.69) is 26.1 Å². The van der Waals surface area contributed by atoms with Crippen LogP contribution < -0.4 is 5.32 Å². The van der Waals surface area contributed by atoms with Crippen LogP contribution in [-0.4, -0.2) is 36.5 Å². The number of nitrogens with zero attached hydrogens (tertiary/aromatic N) is 1. The molecule has 1 amide bonds. The van der Waals surface area contributed by atoms with Crippen molar-refractivity contribution in [3.8, 4) is 0 Å².